The zero-order valence-electron chi connectivity index (χ0n) is 15.3. The third-order valence-corrected chi connectivity index (χ3v) is 5.56. The first-order valence-corrected chi connectivity index (χ1v) is 9.65. The molecule has 1 aromatic heterocycles. The maximum atomic E-state index is 14.3. The van der Waals surface area contributed by atoms with Crippen LogP contribution < -0.4 is 0 Å². The molecule has 140 valence electrons. The lowest BCUT2D eigenvalue weighted by Gasteiger charge is -2.33. The largest absolute Gasteiger partial charge is 0.338 e. The van der Waals surface area contributed by atoms with Gasteiger partial charge in [-0.15, -0.1) is 0 Å². The zero-order chi connectivity index (χ0) is 18.7. The van der Waals surface area contributed by atoms with Crippen LogP contribution in [0.5, 0.6) is 0 Å². The van der Waals surface area contributed by atoms with Crippen LogP contribution in [0.3, 0.4) is 0 Å². The number of rotatable bonds is 5. The van der Waals surface area contributed by atoms with Crippen LogP contribution in [0.4, 0.5) is 4.39 Å². The fourth-order valence-electron chi connectivity index (χ4n) is 3.58. The topological polar surface area (TPSA) is 38.1 Å². The average Bonchev–Trinajstić information content (AvgIpc) is 3.12. The van der Waals surface area contributed by atoms with Crippen molar-refractivity contribution in [3.05, 3.63) is 52.3 Å². The molecule has 0 unspecified atom stereocenters. The molecule has 0 bridgehead atoms. The number of carbonyl (C=O) groups excluding carboxylic acids is 1. The van der Waals surface area contributed by atoms with Gasteiger partial charge in [0.25, 0.3) is 5.91 Å². The molecule has 2 heterocycles. The van der Waals surface area contributed by atoms with E-state index >= 15 is 0 Å². The van der Waals surface area contributed by atoms with E-state index in [1.54, 1.807) is 17.9 Å². The highest BCUT2D eigenvalue weighted by Gasteiger charge is 2.30. The van der Waals surface area contributed by atoms with Crippen LogP contribution in [-0.2, 0) is 6.54 Å². The van der Waals surface area contributed by atoms with E-state index in [0.717, 1.165) is 38.1 Å². The predicted octanol–water partition coefficient (Wildman–Crippen LogP) is 4.80. The van der Waals surface area contributed by atoms with Crippen LogP contribution in [0.15, 0.2) is 24.5 Å². The number of amides is 1. The van der Waals surface area contributed by atoms with Gasteiger partial charge in [0.1, 0.15) is 11.6 Å². The molecule has 0 aliphatic carbocycles. The average molecular weight is 378 g/mol. The summed E-state index contributed by atoms with van der Waals surface area (Å²) >= 11 is 6.23. The Hall–Kier alpha value is -1.88. The smallest absolute Gasteiger partial charge is 0.258 e. The summed E-state index contributed by atoms with van der Waals surface area (Å²) in [5, 5.41) is 0.210. The van der Waals surface area contributed by atoms with Crippen molar-refractivity contribution in [1.29, 1.82) is 0 Å². The maximum Gasteiger partial charge on any atom is 0.258 e. The molecule has 0 spiro atoms. The highest BCUT2D eigenvalue weighted by Crippen LogP contribution is 2.30. The first kappa shape index (κ1) is 18.9. The summed E-state index contributed by atoms with van der Waals surface area (Å²) in [4.78, 5) is 19.2. The summed E-state index contributed by atoms with van der Waals surface area (Å²) in [5.41, 5.74) is 0.696. The van der Waals surface area contributed by atoms with Gasteiger partial charge in [0, 0.05) is 37.9 Å². The fraction of sp³-hybridized carbons (Fsp3) is 0.500. The number of piperidine rings is 1. The van der Waals surface area contributed by atoms with Crippen molar-refractivity contribution >= 4 is 17.5 Å². The van der Waals surface area contributed by atoms with E-state index in [1.165, 1.54) is 6.07 Å². The standard InChI is InChI=1S/C20H25ClFN3O/c1-3-4-10-24-12-9-23-19(24)15-6-5-11-25(13-15)20(26)17-16(22)8-7-14(2)18(17)21/h7-9,12,15H,3-6,10-11,13H2,1-2H3/t15-/m0/s1. The number of likely N-dealkylation sites (tertiary alicyclic amines) is 1. The first-order valence-electron chi connectivity index (χ1n) is 9.27. The lowest BCUT2D eigenvalue weighted by atomic mass is 9.96. The van der Waals surface area contributed by atoms with Crippen molar-refractivity contribution in [3.63, 3.8) is 0 Å². The van der Waals surface area contributed by atoms with Crippen molar-refractivity contribution in [2.45, 2.75) is 52.0 Å². The Labute approximate surface area is 159 Å². The van der Waals surface area contributed by atoms with Gasteiger partial charge in [-0.25, -0.2) is 9.37 Å². The molecule has 0 saturated carbocycles. The Morgan fingerprint density at radius 1 is 1.42 bits per heavy atom. The Bertz CT molecular complexity index is 789. The highest BCUT2D eigenvalue weighted by molar-refractivity contribution is 6.34. The minimum absolute atomic E-state index is 0.0124. The number of imidazole rings is 1. The molecule has 6 heteroatoms. The van der Waals surface area contributed by atoms with Crippen LogP contribution in [0.2, 0.25) is 5.02 Å². The normalized spacial score (nSPS) is 17.5. The quantitative estimate of drug-likeness (QED) is 0.750. The number of nitrogens with zero attached hydrogens (tertiary/aromatic N) is 3. The lowest BCUT2D eigenvalue weighted by Crippen LogP contribution is -2.40. The van der Waals surface area contributed by atoms with Crippen molar-refractivity contribution < 1.29 is 9.18 Å². The predicted molar refractivity (Wildman–Crippen MR) is 101 cm³/mol. The molecular formula is C20H25ClFN3O. The summed E-state index contributed by atoms with van der Waals surface area (Å²) in [6, 6.07) is 2.91. The van der Waals surface area contributed by atoms with Crippen LogP contribution >= 0.6 is 11.6 Å². The number of benzene rings is 1. The monoisotopic (exact) mass is 377 g/mol. The van der Waals surface area contributed by atoms with Crippen LogP contribution in [0.25, 0.3) is 0 Å². The van der Waals surface area contributed by atoms with Gasteiger partial charge in [-0.1, -0.05) is 31.0 Å². The number of aromatic nitrogens is 2. The Morgan fingerprint density at radius 2 is 2.23 bits per heavy atom. The Morgan fingerprint density at radius 3 is 3.00 bits per heavy atom. The summed E-state index contributed by atoms with van der Waals surface area (Å²) in [7, 11) is 0. The van der Waals surface area contributed by atoms with E-state index in [-0.39, 0.29) is 22.4 Å². The maximum absolute atomic E-state index is 14.3. The summed E-state index contributed by atoms with van der Waals surface area (Å²) in [5.74, 6) is 0.308. The Kier molecular flexibility index (Phi) is 5.97. The van der Waals surface area contributed by atoms with Gasteiger partial charge in [0.2, 0.25) is 0 Å². The second kappa shape index (κ2) is 8.21. The second-order valence-electron chi connectivity index (χ2n) is 6.98. The molecule has 1 atom stereocenters. The molecule has 4 nitrogen and oxygen atoms in total. The number of hydrogen-bond donors (Lipinski definition) is 0. The van der Waals surface area contributed by atoms with Crippen molar-refractivity contribution in [2.24, 2.45) is 0 Å². The summed E-state index contributed by atoms with van der Waals surface area (Å²) in [6.07, 6.45) is 7.91. The van der Waals surface area contributed by atoms with Gasteiger partial charge in [-0.3, -0.25) is 4.79 Å². The number of unbranched alkanes of at least 4 members (excludes halogenated alkanes) is 1. The van der Waals surface area contributed by atoms with Gasteiger partial charge in [-0.05, 0) is 37.8 Å². The second-order valence-corrected chi connectivity index (χ2v) is 7.35. The molecule has 1 aliphatic rings. The molecule has 1 saturated heterocycles. The number of halogens is 2. The lowest BCUT2D eigenvalue weighted by molar-refractivity contribution is 0.0698. The zero-order valence-corrected chi connectivity index (χ0v) is 16.1. The van der Waals surface area contributed by atoms with E-state index in [4.69, 9.17) is 11.6 Å². The van der Waals surface area contributed by atoms with Gasteiger partial charge < -0.3 is 9.47 Å². The number of carbonyl (C=O) groups is 1. The van der Waals surface area contributed by atoms with Gasteiger partial charge in [-0.2, -0.15) is 0 Å². The third-order valence-electron chi connectivity index (χ3n) is 5.07. The number of aryl methyl sites for hydroxylation is 2. The van der Waals surface area contributed by atoms with Crippen LogP contribution in [0.1, 0.15) is 60.3 Å². The van der Waals surface area contributed by atoms with Crippen molar-refractivity contribution in [1.82, 2.24) is 14.5 Å². The molecular weight excluding hydrogens is 353 g/mol. The highest BCUT2D eigenvalue weighted by atomic mass is 35.5. The molecule has 1 amide bonds. The van der Waals surface area contributed by atoms with Gasteiger partial charge in [0.15, 0.2) is 0 Å². The van der Waals surface area contributed by atoms with Crippen LogP contribution in [0, 0.1) is 12.7 Å². The molecule has 2 aromatic rings. The van der Waals surface area contributed by atoms with E-state index < -0.39 is 5.82 Å². The molecule has 3 rings (SSSR count). The van der Waals surface area contributed by atoms with Crippen molar-refractivity contribution in [2.75, 3.05) is 13.1 Å². The molecule has 1 fully saturated rings. The van der Waals surface area contributed by atoms with E-state index in [0.29, 0.717) is 18.7 Å². The molecule has 0 N–H and O–H groups in total. The minimum Gasteiger partial charge on any atom is -0.338 e. The number of hydrogen-bond acceptors (Lipinski definition) is 2. The van der Waals surface area contributed by atoms with Gasteiger partial charge >= 0.3 is 0 Å². The van der Waals surface area contributed by atoms with E-state index in [2.05, 4.69) is 16.5 Å². The molecule has 1 aliphatic heterocycles. The third kappa shape index (κ3) is 3.78. The molecule has 0 radical (unpaired) electrons. The molecule has 26 heavy (non-hydrogen) atoms. The SMILES string of the molecule is CCCCn1ccnc1[C@H]1CCCN(C(=O)c2c(F)ccc(C)c2Cl)C1. The van der Waals surface area contributed by atoms with E-state index in [1.807, 2.05) is 12.4 Å². The van der Waals surface area contributed by atoms with Gasteiger partial charge in [0.05, 0.1) is 10.6 Å². The first-order chi connectivity index (χ1) is 12.5. The summed E-state index contributed by atoms with van der Waals surface area (Å²) < 4.78 is 16.4. The summed E-state index contributed by atoms with van der Waals surface area (Å²) in [6.45, 7) is 6.05. The fourth-order valence-corrected chi connectivity index (χ4v) is 3.82. The van der Waals surface area contributed by atoms with Crippen molar-refractivity contribution in [3.8, 4) is 0 Å². The molecule has 1 aromatic carbocycles. The van der Waals surface area contributed by atoms with Crippen LogP contribution in [-0.4, -0.2) is 33.4 Å². The minimum atomic E-state index is -0.558. The van der Waals surface area contributed by atoms with E-state index in [9.17, 15) is 9.18 Å². The Balaban J connectivity index is 1.80.